The van der Waals surface area contributed by atoms with Crippen LogP contribution in [0, 0.1) is 0 Å². The van der Waals surface area contributed by atoms with E-state index >= 15 is 0 Å². The van der Waals surface area contributed by atoms with Gasteiger partial charge in [-0.25, -0.2) is 8.42 Å². The number of amides is 2. The summed E-state index contributed by atoms with van der Waals surface area (Å²) in [6.45, 7) is 0. The number of carbonyl (C=O) groups excluding carboxylic acids is 2. The van der Waals surface area contributed by atoms with Crippen LogP contribution in [0.2, 0.25) is 5.02 Å². The Labute approximate surface area is 201 Å². The number of nitrogens with one attached hydrogen (secondary N) is 2. The second-order valence-corrected chi connectivity index (χ2v) is 9.88. The Morgan fingerprint density at radius 3 is 2.47 bits per heavy atom. The molecule has 4 rings (SSSR count). The van der Waals surface area contributed by atoms with Gasteiger partial charge in [-0.05, 0) is 54.6 Å². The van der Waals surface area contributed by atoms with Crippen molar-refractivity contribution in [3.05, 3.63) is 95.2 Å². The summed E-state index contributed by atoms with van der Waals surface area (Å²) in [6.07, 6.45) is 3.98. The third-order valence-electron chi connectivity index (χ3n) is 4.85. The van der Waals surface area contributed by atoms with Gasteiger partial charge in [-0.2, -0.15) is 0 Å². The molecule has 4 aromatic rings. The molecule has 0 aliphatic rings. The molecule has 9 heteroatoms. The second-order valence-electron chi connectivity index (χ2n) is 7.46. The third-order valence-corrected chi connectivity index (χ3v) is 6.28. The van der Waals surface area contributed by atoms with Crippen LogP contribution in [-0.2, 0) is 14.6 Å². The zero-order valence-corrected chi connectivity index (χ0v) is 19.5. The first-order valence-corrected chi connectivity index (χ1v) is 12.3. The van der Waals surface area contributed by atoms with Crippen molar-refractivity contribution in [2.24, 2.45) is 0 Å². The summed E-state index contributed by atoms with van der Waals surface area (Å²) in [7, 11) is -3.44. The number of furan rings is 1. The Kier molecular flexibility index (Phi) is 6.54. The molecule has 2 amide bonds. The number of fused-ring (bicyclic) bond motifs is 1. The third kappa shape index (κ3) is 5.54. The van der Waals surface area contributed by atoms with Gasteiger partial charge in [0.1, 0.15) is 11.3 Å². The minimum atomic E-state index is -3.44. The van der Waals surface area contributed by atoms with Crippen molar-refractivity contribution < 1.29 is 22.4 Å². The Hall–Kier alpha value is -3.88. The maximum absolute atomic E-state index is 12.5. The lowest BCUT2D eigenvalue weighted by atomic mass is 10.2. The van der Waals surface area contributed by atoms with E-state index in [1.54, 1.807) is 18.2 Å². The molecule has 0 fully saturated rings. The highest BCUT2D eigenvalue weighted by atomic mass is 35.5. The smallest absolute Gasteiger partial charge is 0.255 e. The SMILES string of the molecule is CS(=O)(=O)c1cccc(C(=O)Nc2ccc(NC(=O)/C=C/c3cc4ccccc4o3)cc2Cl)c1. The number of carbonyl (C=O) groups is 2. The molecule has 0 bridgehead atoms. The highest BCUT2D eigenvalue weighted by Gasteiger charge is 2.13. The van der Waals surface area contributed by atoms with Crippen molar-refractivity contribution in [2.75, 3.05) is 16.9 Å². The molecule has 3 aromatic carbocycles. The summed E-state index contributed by atoms with van der Waals surface area (Å²) < 4.78 is 29.1. The van der Waals surface area contributed by atoms with Crippen molar-refractivity contribution in [3.63, 3.8) is 0 Å². The van der Waals surface area contributed by atoms with E-state index in [0.29, 0.717) is 17.1 Å². The van der Waals surface area contributed by atoms with E-state index in [1.165, 1.54) is 36.4 Å². The molecule has 0 saturated heterocycles. The molecule has 7 nitrogen and oxygen atoms in total. The standard InChI is InChI=1S/C25H19ClN2O5S/c1-34(31,32)20-7-4-6-17(14-20)25(30)28-22-11-9-18(15-21(22)26)27-24(29)12-10-19-13-16-5-2-3-8-23(16)33-19/h2-15H,1H3,(H,27,29)(H,28,30)/b12-10+. The van der Waals surface area contributed by atoms with Crippen LogP contribution < -0.4 is 10.6 Å². The number of hydrogen-bond donors (Lipinski definition) is 2. The van der Waals surface area contributed by atoms with Gasteiger partial charge in [0.2, 0.25) is 5.91 Å². The number of para-hydroxylation sites is 1. The molecule has 2 N–H and O–H groups in total. The van der Waals surface area contributed by atoms with Crippen LogP contribution >= 0.6 is 11.6 Å². The number of halogens is 1. The van der Waals surface area contributed by atoms with Gasteiger partial charge in [-0.3, -0.25) is 9.59 Å². The van der Waals surface area contributed by atoms with Gasteiger partial charge in [-0.15, -0.1) is 0 Å². The molecule has 0 unspecified atom stereocenters. The lowest BCUT2D eigenvalue weighted by molar-refractivity contribution is -0.111. The second kappa shape index (κ2) is 9.54. The summed E-state index contributed by atoms with van der Waals surface area (Å²) in [5.41, 5.74) is 1.65. The van der Waals surface area contributed by atoms with Crippen molar-refractivity contribution in [3.8, 4) is 0 Å². The zero-order chi connectivity index (χ0) is 24.3. The lowest BCUT2D eigenvalue weighted by Gasteiger charge is -2.10. The number of hydrogen-bond acceptors (Lipinski definition) is 5. The van der Waals surface area contributed by atoms with Crippen molar-refractivity contribution >= 4 is 61.7 Å². The van der Waals surface area contributed by atoms with Crippen LogP contribution in [0.1, 0.15) is 16.1 Å². The van der Waals surface area contributed by atoms with E-state index in [0.717, 1.165) is 17.2 Å². The van der Waals surface area contributed by atoms with Crippen LogP contribution in [0.25, 0.3) is 17.0 Å². The topological polar surface area (TPSA) is 105 Å². The fourth-order valence-electron chi connectivity index (χ4n) is 3.18. The fraction of sp³-hybridized carbons (Fsp3) is 0.0400. The van der Waals surface area contributed by atoms with Crippen molar-refractivity contribution in [2.45, 2.75) is 4.90 Å². The predicted octanol–water partition coefficient (Wildman–Crippen LogP) is 5.39. The van der Waals surface area contributed by atoms with E-state index in [1.807, 2.05) is 30.3 Å². The van der Waals surface area contributed by atoms with Gasteiger partial charge in [0, 0.05) is 29.0 Å². The average Bonchev–Trinajstić information content (AvgIpc) is 3.22. The molecule has 0 aliphatic carbocycles. The largest absolute Gasteiger partial charge is 0.457 e. The maximum Gasteiger partial charge on any atom is 0.255 e. The van der Waals surface area contributed by atoms with E-state index < -0.39 is 15.7 Å². The first-order valence-electron chi connectivity index (χ1n) is 10.1. The molecule has 0 saturated carbocycles. The van der Waals surface area contributed by atoms with Gasteiger partial charge >= 0.3 is 0 Å². The van der Waals surface area contributed by atoms with Gasteiger partial charge < -0.3 is 15.1 Å². The summed E-state index contributed by atoms with van der Waals surface area (Å²) in [5, 5.41) is 6.47. The Morgan fingerprint density at radius 2 is 1.74 bits per heavy atom. The van der Waals surface area contributed by atoms with E-state index in [2.05, 4.69) is 10.6 Å². The highest BCUT2D eigenvalue weighted by molar-refractivity contribution is 7.90. The van der Waals surface area contributed by atoms with Gasteiger partial charge in [0.05, 0.1) is 15.6 Å². The van der Waals surface area contributed by atoms with Crippen LogP contribution in [-0.4, -0.2) is 26.5 Å². The van der Waals surface area contributed by atoms with Crippen LogP contribution in [0.3, 0.4) is 0 Å². The summed E-state index contributed by atoms with van der Waals surface area (Å²) in [4.78, 5) is 24.9. The molecule has 0 radical (unpaired) electrons. The molecule has 34 heavy (non-hydrogen) atoms. The molecular formula is C25H19ClN2O5S. The molecule has 0 atom stereocenters. The quantitative estimate of drug-likeness (QED) is 0.349. The zero-order valence-electron chi connectivity index (χ0n) is 17.9. The Balaban J connectivity index is 1.41. The highest BCUT2D eigenvalue weighted by Crippen LogP contribution is 2.26. The molecule has 0 spiro atoms. The lowest BCUT2D eigenvalue weighted by Crippen LogP contribution is -2.13. The Morgan fingerprint density at radius 1 is 0.941 bits per heavy atom. The number of benzene rings is 3. The Bertz CT molecular complexity index is 1510. The van der Waals surface area contributed by atoms with Crippen LogP contribution in [0.4, 0.5) is 11.4 Å². The van der Waals surface area contributed by atoms with Crippen molar-refractivity contribution in [1.29, 1.82) is 0 Å². The van der Waals surface area contributed by atoms with Gasteiger partial charge in [0.25, 0.3) is 5.91 Å². The maximum atomic E-state index is 12.5. The minimum absolute atomic E-state index is 0.0417. The minimum Gasteiger partial charge on any atom is -0.457 e. The van der Waals surface area contributed by atoms with E-state index in [-0.39, 0.29) is 21.4 Å². The van der Waals surface area contributed by atoms with Crippen molar-refractivity contribution in [1.82, 2.24) is 0 Å². The molecule has 172 valence electrons. The first kappa shape index (κ1) is 23.3. The number of rotatable bonds is 6. The summed E-state index contributed by atoms with van der Waals surface area (Å²) in [6, 6.07) is 19.7. The predicted molar refractivity (Wildman–Crippen MR) is 133 cm³/mol. The molecular weight excluding hydrogens is 476 g/mol. The normalized spacial score (nSPS) is 11.6. The number of anilines is 2. The first-order chi connectivity index (χ1) is 16.2. The van der Waals surface area contributed by atoms with E-state index in [4.69, 9.17) is 16.0 Å². The van der Waals surface area contributed by atoms with Gasteiger partial charge in [0.15, 0.2) is 9.84 Å². The van der Waals surface area contributed by atoms with Crippen LogP contribution in [0.15, 0.2) is 88.2 Å². The average molecular weight is 495 g/mol. The van der Waals surface area contributed by atoms with Crippen LogP contribution in [0.5, 0.6) is 0 Å². The fourth-order valence-corrected chi connectivity index (χ4v) is 4.08. The van der Waals surface area contributed by atoms with E-state index in [9.17, 15) is 18.0 Å². The molecule has 0 aliphatic heterocycles. The molecule has 1 aromatic heterocycles. The van der Waals surface area contributed by atoms with Gasteiger partial charge in [-0.1, -0.05) is 35.9 Å². The monoisotopic (exact) mass is 494 g/mol. The molecule has 1 heterocycles. The summed E-state index contributed by atoms with van der Waals surface area (Å²) in [5.74, 6) is -0.351. The number of sulfone groups is 1. The summed E-state index contributed by atoms with van der Waals surface area (Å²) >= 11 is 6.27.